The van der Waals surface area contributed by atoms with Gasteiger partial charge in [0.2, 0.25) is 0 Å². The summed E-state index contributed by atoms with van der Waals surface area (Å²) in [6.45, 7) is 0. The van der Waals surface area contributed by atoms with E-state index in [0.29, 0.717) is 0 Å². The lowest BCUT2D eigenvalue weighted by Gasteiger charge is -2.22. The van der Waals surface area contributed by atoms with Crippen molar-refractivity contribution in [2.45, 2.75) is 9.79 Å². The summed E-state index contributed by atoms with van der Waals surface area (Å²) in [5.74, 6) is 0. The lowest BCUT2D eigenvalue weighted by atomic mass is 9.91. The van der Waals surface area contributed by atoms with Gasteiger partial charge in [0, 0.05) is 47.8 Å². The summed E-state index contributed by atoms with van der Waals surface area (Å²) < 4.78 is 4.91. The number of hydrogen-bond acceptors (Lipinski definition) is 1. The predicted octanol–water partition coefficient (Wildman–Crippen LogP) is 15.7. The van der Waals surface area contributed by atoms with Crippen molar-refractivity contribution < 1.29 is 0 Å². The zero-order valence-corrected chi connectivity index (χ0v) is 32.7. The van der Waals surface area contributed by atoms with E-state index in [1.165, 1.54) is 120 Å². The molecule has 2 aromatic heterocycles. The molecule has 0 amide bonds. The van der Waals surface area contributed by atoms with Gasteiger partial charge < -0.3 is 9.13 Å². The monoisotopic (exact) mass is 766 g/mol. The van der Waals surface area contributed by atoms with Gasteiger partial charge in [-0.3, -0.25) is 0 Å². The molecule has 3 heteroatoms. The molecule has 0 saturated carbocycles. The Morgan fingerprint density at radius 3 is 1.78 bits per heavy atom. The molecule has 12 aromatic rings. The summed E-state index contributed by atoms with van der Waals surface area (Å²) in [5, 5.41) is 10.2. The zero-order valence-electron chi connectivity index (χ0n) is 31.9. The van der Waals surface area contributed by atoms with Gasteiger partial charge in [-0.2, -0.15) is 0 Å². The highest BCUT2D eigenvalue weighted by Crippen LogP contribution is 2.52. The van der Waals surface area contributed by atoms with E-state index in [1.807, 2.05) is 11.8 Å². The lowest BCUT2D eigenvalue weighted by molar-refractivity contribution is 1.18. The molecular formula is C56H34N2S. The summed E-state index contributed by atoms with van der Waals surface area (Å²) in [6, 6.07) is 76.1. The molecule has 0 unspecified atom stereocenters. The Kier molecular flexibility index (Phi) is 6.98. The van der Waals surface area contributed by atoms with Crippen molar-refractivity contribution in [1.82, 2.24) is 9.13 Å². The summed E-state index contributed by atoms with van der Waals surface area (Å²) in [5.41, 5.74) is 14.7. The fourth-order valence-electron chi connectivity index (χ4n) is 9.95. The van der Waals surface area contributed by atoms with Crippen LogP contribution in [0.5, 0.6) is 0 Å². The van der Waals surface area contributed by atoms with Crippen molar-refractivity contribution >= 4 is 76.9 Å². The van der Waals surface area contributed by atoms with Crippen LogP contribution in [0.3, 0.4) is 0 Å². The third-order valence-electron chi connectivity index (χ3n) is 12.5. The van der Waals surface area contributed by atoms with Crippen LogP contribution in [-0.4, -0.2) is 9.13 Å². The maximum atomic E-state index is 2.46. The maximum Gasteiger partial charge on any atom is 0.0553 e. The third kappa shape index (κ3) is 4.77. The van der Waals surface area contributed by atoms with Gasteiger partial charge in [0.1, 0.15) is 0 Å². The van der Waals surface area contributed by atoms with Crippen molar-refractivity contribution in [2.24, 2.45) is 0 Å². The molecule has 0 fully saturated rings. The molecule has 0 atom stereocenters. The second kappa shape index (κ2) is 12.6. The molecule has 1 aliphatic rings. The fourth-order valence-corrected chi connectivity index (χ4v) is 11.1. The summed E-state index contributed by atoms with van der Waals surface area (Å²) in [6.07, 6.45) is 0. The van der Waals surface area contributed by atoms with Gasteiger partial charge in [0.15, 0.2) is 0 Å². The van der Waals surface area contributed by atoms with E-state index in [4.69, 9.17) is 0 Å². The number of fused-ring (bicyclic) bond motifs is 10. The smallest absolute Gasteiger partial charge is 0.0553 e. The first-order chi connectivity index (χ1) is 29.3. The van der Waals surface area contributed by atoms with Crippen LogP contribution >= 0.6 is 11.8 Å². The summed E-state index contributed by atoms with van der Waals surface area (Å²) in [7, 11) is 0. The number of benzene rings is 10. The lowest BCUT2D eigenvalue weighted by Crippen LogP contribution is -1.98. The van der Waals surface area contributed by atoms with Crippen molar-refractivity contribution in [3.05, 3.63) is 206 Å². The molecule has 274 valence electrons. The van der Waals surface area contributed by atoms with Gasteiger partial charge in [0.05, 0.1) is 27.8 Å². The first kappa shape index (κ1) is 32.7. The van der Waals surface area contributed by atoms with Crippen LogP contribution in [0.4, 0.5) is 0 Å². The SMILES string of the molecule is c1ccc(-c2ccc3c(c2)c2ccccc2n3-c2ccc(-c3ccc4c(c3)-c3cc5c(c6cccc(c36)S4)c3ccccc3n5-c3ccccc3)c3ccccc23)cc1. The molecule has 0 aliphatic carbocycles. The number of rotatable bonds is 4. The Balaban J connectivity index is 1.02. The van der Waals surface area contributed by atoms with Crippen LogP contribution in [0.15, 0.2) is 216 Å². The number of para-hydroxylation sites is 3. The van der Waals surface area contributed by atoms with E-state index >= 15 is 0 Å². The molecule has 10 aromatic carbocycles. The summed E-state index contributed by atoms with van der Waals surface area (Å²) >= 11 is 1.89. The molecule has 0 N–H and O–H groups in total. The van der Waals surface area contributed by atoms with E-state index in [0.717, 1.165) is 0 Å². The predicted molar refractivity (Wildman–Crippen MR) is 251 cm³/mol. The van der Waals surface area contributed by atoms with Crippen LogP contribution in [-0.2, 0) is 0 Å². The number of hydrogen-bond donors (Lipinski definition) is 0. The van der Waals surface area contributed by atoms with E-state index < -0.39 is 0 Å². The minimum absolute atomic E-state index is 1.17. The largest absolute Gasteiger partial charge is 0.309 e. The second-order valence-corrected chi connectivity index (χ2v) is 16.7. The van der Waals surface area contributed by atoms with Gasteiger partial charge in [0.25, 0.3) is 0 Å². The quantitative estimate of drug-likeness (QED) is 0.173. The first-order valence-corrected chi connectivity index (χ1v) is 21.1. The third-order valence-corrected chi connectivity index (χ3v) is 13.6. The van der Waals surface area contributed by atoms with Crippen LogP contribution in [0.1, 0.15) is 0 Å². The average Bonchev–Trinajstić information content (AvgIpc) is 3.82. The molecule has 1 aliphatic heterocycles. The second-order valence-electron chi connectivity index (χ2n) is 15.6. The van der Waals surface area contributed by atoms with Gasteiger partial charge in [-0.25, -0.2) is 0 Å². The van der Waals surface area contributed by atoms with E-state index in [2.05, 4.69) is 215 Å². The average molecular weight is 767 g/mol. The minimum atomic E-state index is 1.17. The van der Waals surface area contributed by atoms with Crippen molar-refractivity contribution in [3.63, 3.8) is 0 Å². The van der Waals surface area contributed by atoms with Crippen LogP contribution in [0.25, 0.3) is 110 Å². The van der Waals surface area contributed by atoms with E-state index in [-0.39, 0.29) is 0 Å². The Morgan fingerprint density at radius 2 is 0.949 bits per heavy atom. The van der Waals surface area contributed by atoms with Gasteiger partial charge in [-0.05, 0) is 111 Å². The molecular weight excluding hydrogens is 733 g/mol. The Hall–Kier alpha value is -7.33. The molecule has 0 saturated heterocycles. The molecule has 0 bridgehead atoms. The van der Waals surface area contributed by atoms with Crippen LogP contribution < -0.4 is 0 Å². The molecule has 59 heavy (non-hydrogen) atoms. The normalized spacial score (nSPS) is 12.3. The number of nitrogens with zero attached hydrogens (tertiary/aromatic N) is 2. The molecule has 0 spiro atoms. The highest BCUT2D eigenvalue weighted by molar-refractivity contribution is 7.99. The van der Waals surface area contributed by atoms with Crippen molar-refractivity contribution in [3.8, 4) is 44.8 Å². The van der Waals surface area contributed by atoms with Gasteiger partial charge in [-0.1, -0.05) is 151 Å². The molecule has 0 radical (unpaired) electrons. The van der Waals surface area contributed by atoms with Crippen LogP contribution in [0.2, 0.25) is 0 Å². The van der Waals surface area contributed by atoms with Crippen LogP contribution in [0, 0.1) is 0 Å². The number of aromatic nitrogens is 2. The topological polar surface area (TPSA) is 9.86 Å². The Bertz CT molecular complexity index is 3690. The molecule has 2 nitrogen and oxygen atoms in total. The van der Waals surface area contributed by atoms with Gasteiger partial charge >= 0.3 is 0 Å². The Labute approximate surface area is 345 Å². The van der Waals surface area contributed by atoms with Gasteiger partial charge in [-0.15, -0.1) is 0 Å². The standard InChI is InChI=1S/C56H34N2S/c1-3-14-35(15-4-1)36-26-29-51-45(32-36)42-20-9-11-23-48(42)58(51)50-30-28-39(40-18-7-8-19-41(40)50)37-27-31-53-46(33-37)47-34-52-55(44-22-13-25-54(59-53)56(44)47)43-21-10-12-24-49(43)57(52)38-16-5-2-6-17-38/h1-34H. The van der Waals surface area contributed by atoms with E-state index in [1.54, 1.807) is 0 Å². The Morgan fingerprint density at radius 1 is 0.288 bits per heavy atom. The molecule has 13 rings (SSSR count). The van der Waals surface area contributed by atoms with Crippen molar-refractivity contribution in [2.75, 3.05) is 0 Å². The highest BCUT2D eigenvalue weighted by Gasteiger charge is 2.25. The summed E-state index contributed by atoms with van der Waals surface area (Å²) in [4.78, 5) is 2.60. The zero-order chi connectivity index (χ0) is 38.6. The highest BCUT2D eigenvalue weighted by atomic mass is 32.2. The molecule has 3 heterocycles. The minimum Gasteiger partial charge on any atom is -0.309 e. The van der Waals surface area contributed by atoms with Crippen molar-refractivity contribution in [1.29, 1.82) is 0 Å². The van der Waals surface area contributed by atoms with E-state index in [9.17, 15) is 0 Å². The fraction of sp³-hybridized carbons (Fsp3) is 0. The maximum absolute atomic E-state index is 2.46. The first-order valence-electron chi connectivity index (χ1n) is 20.3.